The van der Waals surface area contributed by atoms with Gasteiger partial charge in [-0.3, -0.25) is 0 Å². The van der Waals surface area contributed by atoms with Gasteiger partial charge in [0.05, 0.1) is 0 Å². The van der Waals surface area contributed by atoms with Crippen LogP contribution in [0.5, 0.6) is 0 Å². The predicted molar refractivity (Wildman–Crippen MR) is 98.6 cm³/mol. The SMILES string of the molecule is C[C]1Cc2ccc3ccccc3c2-c2c1ccc1ccccc21. The van der Waals surface area contributed by atoms with Crippen molar-refractivity contribution in [2.45, 2.75) is 13.3 Å². The molecule has 1 radical (unpaired) electrons. The molecule has 0 nitrogen and oxygen atoms in total. The highest BCUT2D eigenvalue weighted by Crippen LogP contribution is 2.45. The summed E-state index contributed by atoms with van der Waals surface area (Å²) in [6, 6.07) is 26.6. The van der Waals surface area contributed by atoms with E-state index in [9.17, 15) is 0 Å². The van der Waals surface area contributed by atoms with E-state index in [0.717, 1.165) is 6.42 Å². The molecule has 5 rings (SSSR count). The Kier molecular flexibility index (Phi) is 2.63. The molecule has 0 N–H and O–H groups in total. The third-order valence-electron chi connectivity index (χ3n) is 5.11. The van der Waals surface area contributed by atoms with Crippen molar-refractivity contribution in [3.8, 4) is 11.1 Å². The van der Waals surface area contributed by atoms with E-state index in [2.05, 4.69) is 79.7 Å². The Hall–Kier alpha value is -2.60. The minimum atomic E-state index is 1.05. The van der Waals surface area contributed by atoms with Crippen LogP contribution in [0.2, 0.25) is 0 Å². The fourth-order valence-corrected chi connectivity index (χ4v) is 4.04. The van der Waals surface area contributed by atoms with E-state index in [4.69, 9.17) is 0 Å². The fourth-order valence-electron chi connectivity index (χ4n) is 4.04. The van der Waals surface area contributed by atoms with Crippen molar-refractivity contribution in [2.75, 3.05) is 0 Å². The van der Waals surface area contributed by atoms with Gasteiger partial charge < -0.3 is 0 Å². The van der Waals surface area contributed by atoms with E-state index in [1.165, 1.54) is 49.7 Å². The highest BCUT2D eigenvalue weighted by molar-refractivity contribution is 6.09. The van der Waals surface area contributed by atoms with Gasteiger partial charge in [-0.25, -0.2) is 0 Å². The lowest BCUT2D eigenvalue weighted by Gasteiger charge is -2.27. The molecule has 0 atom stereocenters. The maximum atomic E-state index is 2.31. The summed E-state index contributed by atoms with van der Waals surface area (Å²) in [7, 11) is 0. The molecule has 4 aromatic carbocycles. The largest absolute Gasteiger partial charge is 0.0616 e. The Balaban J connectivity index is 2.01. The van der Waals surface area contributed by atoms with Crippen molar-refractivity contribution >= 4 is 21.5 Å². The van der Waals surface area contributed by atoms with Crippen molar-refractivity contribution in [3.63, 3.8) is 0 Å². The van der Waals surface area contributed by atoms with Gasteiger partial charge in [0.25, 0.3) is 0 Å². The molecule has 0 aromatic heterocycles. The van der Waals surface area contributed by atoms with Gasteiger partial charge in [0, 0.05) is 5.92 Å². The monoisotopic (exact) mass is 293 g/mol. The van der Waals surface area contributed by atoms with Crippen molar-refractivity contribution in [3.05, 3.63) is 89.8 Å². The van der Waals surface area contributed by atoms with Crippen molar-refractivity contribution in [1.29, 1.82) is 0 Å². The Labute approximate surface area is 136 Å². The second-order valence-electron chi connectivity index (χ2n) is 6.49. The molecule has 0 aliphatic heterocycles. The number of benzene rings is 4. The first-order chi connectivity index (χ1) is 11.3. The van der Waals surface area contributed by atoms with Gasteiger partial charge in [-0.15, -0.1) is 0 Å². The van der Waals surface area contributed by atoms with Gasteiger partial charge in [0.1, 0.15) is 0 Å². The van der Waals surface area contributed by atoms with Gasteiger partial charge in [-0.2, -0.15) is 0 Å². The summed E-state index contributed by atoms with van der Waals surface area (Å²) in [4.78, 5) is 0. The molecule has 0 spiro atoms. The molecular formula is C23H17. The first-order valence-corrected chi connectivity index (χ1v) is 8.18. The Morgan fingerprint density at radius 2 is 1.22 bits per heavy atom. The molecule has 0 saturated carbocycles. The number of hydrogen-bond acceptors (Lipinski definition) is 0. The molecule has 0 unspecified atom stereocenters. The molecule has 0 fully saturated rings. The summed E-state index contributed by atoms with van der Waals surface area (Å²) >= 11 is 0. The van der Waals surface area contributed by atoms with Crippen LogP contribution >= 0.6 is 0 Å². The van der Waals surface area contributed by atoms with Crippen LogP contribution in [0.25, 0.3) is 32.7 Å². The zero-order chi connectivity index (χ0) is 15.4. The van der Waals surface area contributed by atoms with Crippen LogP contribution in [0.1, 0.15) is 18.1 Å². The molecule has 0 bridgehead atoms. The standard InChI is InChI=1S/C23H17/c1-15-14-18-11-10-16-6-2-4-8-20(16)22(18)23-19(15)13-12-17-7-3-5-9-21(17)23/h2-13H,14H2,1H3. The van der Waals surface area contributed by atoms with E-state index >= 15 is 0 Å². The average molecular weight is 293 g/mol. The Morgan fingerprint density at radius 3 is 1.96 bits per heavy atom. The number of hydrogen-bond donors (Lipinski definition) is 0. The first-order valence-electron chi connectivity index (χ1n) is 8.18. The normalized spacial score (nSPS) is 14.0. The van der Waals surface area contributed by atoms with Gasteiger partial charge in [-0.1, -0.05) is 79.7 Å². The molecular weight excluding hydrogens is 276 g/mol. The second kappa shape index (κ2) is 4.70. The molecule has 0 saturated heterocycles. The minimum Gasteiger partial charge on any atom is -0.0616 e. The van der Waals surface area contributed by atoms with Crippen molar-refractivity contribution in [2.24, 2.45) is 0 Å². The van der Waals surface area contributed by atoms with Gasteiger partial charge in [-0.05, 0) is 50.2 Å². The first kappa shape index (κ1) is 12.9. The summed E-state index contributed by atoms with van der Waals surface area (Å²) in [6.07, 6.45) is 1.05. The molecule has 0 heterocycles. The number of fused-ring (bicyclic) bond motifs is 7. The van der Waals surface area contributed by atoms with Crippen LogP contribution in [0.4, 0.5) is 0 Å². The third-order valence-corrected chi connectivity index (χ3v) is 5.11. The maximum Gasteiger partial charge on any atom is 0.00692 e. The van der Waals surface area contributed by atoms with E-state index in [1.807, 2.05) is 0 Å². The Bertz CT molecular complexity index is 1060. The van der Waals surface area contributed by atoms with Gasteiger partial charge in [0.2, 0.25) is 0 Å². The third kappa shape index (κ3) is 1.78. The van der Waals surface area contributed by atoms with Crippen LogP contribution in [-0.4, -0.2) is 0 Å². The smallest absolute Gasteiger partial charge is 0.00692 e. The zero-order valence-electron chi connectivity index (χ0n) is 13.1. The lowest BCUT2D eigenvalue weighted by molar-refractivity contribution is 0.981. The van der Waals surface area contributed by atoms with E-state index in [1.54, 1.807) is 0 Å². The van der Waals surface area contributed by atoms with Crippen LogP contribution in [0.3, 0.4) is 0 Å². The lowest BCUT2D eigenvalue weighted by Crippen LogP contribution is -2.10. The summed E-state index contributed by atoms with van der Waals surface area (Å²) < 4.78 is 0. The van der Waals surface area contributed by atoms with Gasteiger partial charge >= 0.3 is 0 Å². The van der Waals surface area contributed by atoms with Crippen molar-refractivity contribution < 1.29 is 0 Å². The average Bonchev–Trinajstić information content (AvgIpc) is 2.61. The lowest BCUT2D eigenvalue weighted by atomic mass is 9.76. The van der Waals surface area contributed by atoms with E-state index in [0.29, 0.717) is 0 Å². The molecule has 1 aliphatic rings. The Morgan fingerprint density at radius 1 is 0.609 bits per heavy atom. The van der Waals surface area contributed by atoms with Crippen LogP contribution < -0.4 is 0 Å². The second-order valence-corrected chi connectivity index (χ2v) is 6.49. The summed E-state index contributed by atoms with van der Waals surface area (Å²) in [5, 5.41) is 5.38. The fraction of sp³-hybridized carbons (Fsp3) is 0.0870. The molecule has 1 aliphatic carbocycles. The molecule has 0 heteroatoms. The molecule has 109 valence electrons. The predicted octanol–water partition coefficient (Wildman–Crippen LogP) is 6.16. The summed E-state index contributed by atoms with van der Waals surface area (Å²) in [5.74, 6) is 1.47. The van der Waals surface area contributed by atoms with E-state index in [-0.39, 0.29) is 0 Å². The van der Waals surface area contributed by atoms with Crippen molar-refractivity contribution in [1.82, 2.24) is 0 Å². The maximum absolute atomic E-state index is 2.31. The molecule has 4 aromatic rings. The molecule has 0 amide bonds. The van der Waals surface area contributed by atoms with Gasteiger partial charge in [0.15, 0.2) is 0 Å². The van der Waals surface area contributed by atoms with E-state index < -0.39 is 0 Å². The summed E-state index contributed by atoms with van der Waals surface area (Å²) in [5.41, 5.74) is 5.71. The summed E-state index contributed by atoms with van der Waals surface area (Å²) in [6.45, 7) is 2.27. The van der Waals surface area contributed by atoms with Crippen LogP contribution in [-0.2, 0) is 6.42 Å². The minimum absolute atomic E-state index is 1.05. The quantitative estimate of drug-likeness (QED) is 0.364. The topological polar surface area (TPSA) is 0 Å². The highest BCUT2D eigenvalue weighted by atomic mass is 14.3. The van der Waals surface area contributed by atoms with Crippen LogP contribution in [0.15, 0.2) is 72.8 Å². The van der Waals surface area contributed by atoms with Crippen LogP contribution in [0, 0.1) is 5.92 Å². The number of rotatable bonds is 0. The molecule has 23 heavy (non-hydrogen) atoms. The zero-order valence-corrected chi connectivity index (χ0v) is 13.1. The highest BCUT2D eigenvalue weighted by Gasteiger charge is 2.25.